The Kier molecular flexibility index (Phi) is 5.90. The number of hydrogen-bond donors (Lipinski definition) is 1. The summed E-state index contributed by atoms with van der Waals surface area (Å²) in [7, 11) is 0. The van der Waals surface area contributed by atoms with Crippen LogP contribution in [0.25, 0.3) is 0 Å². The Morgan fingerprint density at radius 3 is 2.50 bits per heavy atom. The molecule has 0 amide bonds. The maximum absolute atomic E-state index is 6.00. The molecule has 0 bridgehead atoms. The molecule has 1 fully saturated rings. The van der Waals surface area contributed by atoms with Crippen molar-refractivity contribution in [3.05, 3.63) is 28.8 Å². The quantitative estimate of drug-likeness (QED) is 0.781. The number of aryl methyl sites for hydroxylation is 2. The summed E-state index contributed by atoms with van der Waals surface area (Å²) in [6.45, 7) is 8.31. The Bertz CT molecular complexity index is 422. The van der Waals surface area contributed by atoms with E-state index in [1.54, 1.807) is 0 Å². The normalized spacial score (nSPS) is 16.4. The number of rotatable bonds is 6. The SMILES string of the molecule is Cc1ccc(C)c(OCCCNC2CCCCC2)c1C. The second-order valence-electron chi connectivity index (χ2n) is 6.14. The largest absolute Gasteiger partial charge is 0.493 e. The minimum atomic E-state index is 0.756. The van der Waals surface area contributed by atoms with E-state index >= 15 is 0 Å². The minimum absolute atomic E-state index is 0.756. The van der Waals surface area contributed by atoms with Gasteiger partial charge in [0.1, 0.15) is 5.75 Å². The maximum atomic E-state index is 6.00. The van der Waals surface area contributed by atoms with Gasteiger partial charge in [-0.05, 0) is 63.3 Å². The van der Waals surface area contributed by atoms with Gasteiger partial charge in [0.15, 0.2) is 0 Å². The van der Waals surface area contributed by atoms with Gasteiger partial charge in [-0.2, -0.15) is 0 Å². The summed E-state index contributed by atoms with van der Waals surface area (Å²) < 4.78 is 6.00. The highest BCUT2D eigenvalue weighted by atomic mass is 16.5. The molecule has 0 unspecified atom stereocenters. The summed E-state index contributed by atoms with van der Waals surface area (Å²) in [4.78, 5) is 0. The van der Waals surface area contributed by atoms with Crippen LogP contribution in [0.3, 0.4) is 0 Å². The van der Waals surface area contributed by atoms with Gasteiger partial charge in [0.25, 0.3) is 0 Å². The van der Waals surface area contributed by atoms with Gasteiger partial charge >= 0.3 is 0 Å². The minimum Gasteiger partial charge on any atom is -0.493 e. The third-order valence-electron chi connectivity index (χ3n) is 4.48. The highest BCUT2D eigenvalue weighted by Crippen LogP contribution is 2.25. The van der Waals surface area contributed by atoms with E-state index in [4.69, 9.17) is 4.74 Å². The van der Waals surface area contributed by atoms with Gasteiger partial charge < -0.3 is 10.1 Å². The van der Waals surface area contributed by atoms with Gasteiger partial charge in [0, 0.05) is 6.04 Å². The smallest absolute Gasteiger partial charge is 0.125 e. The number of nitrogens with one attached hydrogen (secondary N) is 1. The lowest BCUT2D eigenvalue weighted by atomic mass is 9.95. The van der Waals surface area contributed by atoms with E-state index in [0.29, 0.717) is 0 Å². The first-order valence-electron chi connectivity index (χ1n) is 8.11. The average molecular weight is 275 g/mol. The van der Waals surface area contributed by atoms with Crippen molar-refractivity contribution in [1.82, 2.24) is 5.32 Å². The molecule has 20 heavy (non-hydrogen) atoms. The van der Waals surface area contributed by atoms with Crippen LogP contribution in [0.4, 0.5) is 0 Å². The monoisotopic (exact) mass is 275 g/mol. The second-order valence-corrected chi connectivity index (χ2v) is 6.14. The topological polar surface area (TPSA) is 21.3 Å². The lowest BCUT2D eigenvalue weighted by molar-refractivity contribution is 0.293. The van der Waals surface area contributed by atoms with E-state index in [9.17, 15) is 0 Å². The Balaban J connectivity index is 1.69. The molecule has 2 nitrogen and oxygen atoms in total. The van der Waals surface area contributed by atoms with Crippen LogP contribution in [0.2, 0.25) is 0 Å². The fourth-order valence-electron chi connectivity index (χ4n) is 3.01. The highest BCUT2D eigenvalue weighted by Gasteiger charge is 2.12. The lowest BCUT2D eigenvalue weighted by Gasteiger charge is -2.23. The molecule has 2 heteroatoms. The Hall–Kier alpha value is -1.02. The van der Waals surface area contributed by atoms with Crippen molar-refractivity contribution in [3.8, 4) is 5.75 Å². The first-order valence-corrected chi connectivity index (χ1v) is 8.11. The van der Waals surface area contributed by atoms with Crippen molar-refractivity contribution < 1.29 is 4.74 Å². The van der Waals surface area contributed by atoms with E-state index in [1.165, 1.54) is 48.8 Å². The summed E-state index contributed by atoms with van der Waals surface area (Å²) in [6.07, 6.45) is 8.02. The molecule has 1 aliphatic carbocycles. The maximum Gasteiger partial charge on any atom is 0.125 e. The van der Waals surface area contributed by atoms with Crippen molar-refractivity contribution in [1.29, 1.82) is 0 Å². The van der Waals surface area contributed by atoms with Crippen LogP contribution < -0.4 is 10.1 Å². The molecule has 0 saturated heterocycles. The van der Waals surface area contributed by atoms with Crippen LogP contribution in [-0.2, 0) is 0 Å². The lowest BCUT2D eigenvalue weighted by Crippen LogP contribution is -2.32. The Morgan fingerprint density at radius 1 is 1.05 bits per heavy atom. The zero-order valence-electron chi connectivity index (χ0n) is 13.3. The van der Waals surface area contributed by atoms with Gasteiger partial charge in [0.2, 0.25) is 0 Å². The summed E-state index contributed by atoms with van der Waals surface area (Å²) in [5.41, 5.74) is 3.84. The van der Waals surface area contributed by atoms with Crippen LogP contribution in [0, 0.1) is 20.8 Å². The van der Waals surface area contributed by atoms with Crippen molar-refractivity contribution in [2.75, 3.05) is 13.2 Å². The van der Waals surface area contributed by atoms with Crippen LogP contribution in [0.5, 0.6) is 5.75 Å². The van der Waals surface area contributed by atoms with Gasteiger partial charge in [0.05, 0.1) is 6.61 Å². The van der Waals surface area contributed by atoms with E-state index in [0.717, 1.165) is 31.4 Å². The predicted molar refractivity (Wildman–Crippen MR) is 85.6 cm³/mol. The van der Waals surface area contributed by atoms with Crippen molar-refractivity contribution in [2.45, 2.75) is 65.3 Å². The molecule has 1 aromatic rings. The van der Waals surface area contributed by atoms with Crippen LogP contribution in [-0.4, -0.2) is 19.2 Å². The fourth-order valence-corrected chi connectivity index (χ4v) is 3.01. The van der Waals surface area contributed by atoms with Gasteiger partial charge in [-0.15, -0.1) is 0 Å². The number of hydrogen-bond acceptors (Lipinski definition) is 2. The molecule has 1 aromatic carbocycles. The number of benzene rings is 1. The van der Waals surface area contributed by atoms with Crippen LogP contribution in [0.15, 0.2) is 12.1 Å². The molecule has 0 aromatic heterocycles. The number of ether oxygens (including phenoxy) is 1. The summed E-state index contributed by atoms with van der Waals surface area (Å²) in [6, 6.07) is 5.08. The summed E-state index contributed by atoms with van der Waals surface area (Å²) in [5.74, 6) is 1.09. The standard InChI is InChI=1S/C18H29NO/c1-14-10-11-15(2)18(16(14)3)20-13-7-12-19-17-8-5-4-6-9-17/h10-11,17,19H,4-9,12-13H2,1-3H3. The molecule has 0 aliphatic heterocycles. The molecule has 1 aliphatic rings. The highest BCUT2D eigenvalue weighted by molar-refractivity contribution is 5.44. The summed E-state index contributed by atoms with van der Waals surface area (Å²) >= 11 is 0. The molecule has 0 atom stereocenters. The molecule has 1 N–H and O–H groups in total. The van der Waals surface area contributed by atoms with Crippen LogP contribution in [0.1, 0.15) is 55.2 Å². The first-order chi connectivity index (χ1) is 9.68. The van der Waals surface area contributed by atoms with Gasteiger partial charge in [-0.1, -0.05) is 31.4 Å². The molecule has 112 valence electrons. The first kappa shape index (κ1) is 15.4. The molecule has 0 spiro atoms. The molecule has 1 saturated carbocycles. The van der Waals surface area contributed by atoms with E-state index in [1.807, 2.05) is 0 Å². The molecular formula is C18H29NO. The summed E-state index contributed by atoms with van der Waals surface area (Å²) in [5, 5.41) is 3.67. The zero-order valence-corrected chi connectivity index (χ0v) is 13.3. The van der Waals surface area contributed by atoms with E-state index < -0.39 is 0 Å². The Labute approximate surface area is 123 Å². The van der Waals surface area contributed by atoms with Crippen LogP contribution >= 0.6 is 0 Å². The van der Waals surface area contributed by atoms with E-state index in [-0.39, 0.29) is 0 Å². The molecular weight excluding hydrogens is 246 g/mol. The van der Waals surface area contributed by atoms with Crippen molar-refractivity contribution >= 4 is 0 Å². The van der Waals surface area contributed by atoms with Gasteiger partial charge in [-0.25, -0.2) is 0 Å². The van der Waals surface area contributed by atoms with Gasteiger partial charge in [-0.3, -0.25) is 0 Å². The van der Waals surface area contributed by atoms with Crippen molar-refractivity contribution in [2.24, 2.45) is 0 Å². The predicted octanol–water partition coefficient (Wildman–Crippen LogP) is 4.30. The third kappa shape index (κ3) is 4.24. The Morgan fingerprint density at radius 2 is 1.75 bits per heavy atom. The molecule has 2 rings (SSSR count). The molecule has 0 radical (unpaired) electrons. The molecule has 0 heterocycles. The fraction of sp³-hybridized carbons (Fsp3) is 0.667. The zero-order chi connectivity index (χ0) is 14.4. The third-order valence-corrected chi connectivity index (χ3v) is 4.48. The van der Waals surface area contributed by atoms with E-state index in [2.05, 4.69) is 38.2 Å². The van der Waals surface area contributed by atoms with Crippen molar-refractivity contribution in [3.63, 3.8) is 0 Å². The second kappa shape index (κ2) is 7.68. The average Bonchev–Trinajstić information content (AvgIpc) is 2.47.